The van der Waals surface area contributed by atoms with Gasteiger partial charge in [0.25, 0.3) is 11.8 Å². The molecule has 3 aliphatic rings. The van der Waals surface area contributed by atoms with Crippen molar-refractivity contribution in [3.05, 3.63) is 165 Å². The fourth-order valence-electron chi connectivity index (χ4n) is 7.79. The fraction of sp³-hybridized carbons (Fsp3) is 0.273. The molecule has 3 heterocycles. The number of carbonyl (C=O) groups excluding carboxylic acids is 2. The summed E-state index contributed by atoms with van der Waals surface area (Å²) in [6, 6.07) is 38.2. The number of imide groups is 1. The normalized spacial score (nSPS) is 21.5. The van der Waals surface area contributed by atoms with Crippen LogP contribution < -0.4 is 0 Å². The van der Waals surface area contributed by atoms with Gasteiger partial charge in [-0.15, -0.1) is 0 Å². The molecular formula is C44H41ClN2O6. The number of hydrogen-bond donors (Lipinski definition) is 2. The predicted octanol–water partition coefficient (Wildman–Crippen LogP) is 7.82. The molecule has 8 nitrogen and oxygen atoms in total. The highest BCUT2D eigenvalue weighted by Gasteiger charge is 2.38. The summed E-state index contributed by atoms with van der Waals surface area (Å²) < 4.78 is 13.3. The maximum absolute atomic E-state index is 13.1. The summed E-state index contributed by atoms with van der Waals surface area (Å²) in [5.74, 6) is -0.557. The zero-order valence-corrected chi connectivity index (χ0v) is 30.0. The van der Waals surface area contributed by atoms with Crippen molar-refractivity contribution in [2.24, 2.45) is 0 Å². The molecule has 0 spiro atoms. The number of ether oxygens (including phenoxy) is 2. The third-order valence-electron chi connectivity index (χ3n) is 10.9. The first-order valence-electron chi connectivity index (χ1n) is 18.1. The van der Waals surface area contributed by atoms with Crippen molar-refractivity contribution in [1.29, 1.82) is 0 Å². The van der Waals surface area contributed by atoms with Crippen LogP contribution in [0.15, 0.2) is 121 Å². The molecule has 0 radical (unpaired) electrons. The molecule has 3 atom stereocenters. The average Bonchev–Trinajstić information content (AvgIpc) is 3.44. The maximum atomic E-state index is 13.1. The highest BCUT2D eigenvalue weighted by Crippen LogP contribution is 2.40. The number of piperidine rings is 1. The molecule has 2 fully saturated rings. The SMILES string of the molecule is O=C1c2ccccc2C(=O)N1Cc1ccccc1-c1ccc([C@H]2O[C@@H](CN3CCC(O)(c4ccc(Cl)cc4)CC3)C[C@@H](c3ccc(CO)cc3)O2)cc1. The van der Waals surface area contributed by atoms with Crippen LogP contribution >= 0.6 is 11.6 Å². The van der Waals surface area contributed by atoms with Crippen LogP contribution in [-0.2, 0) is 28.2 Å². The van der Waals surface area contributed by atoms with Crippen LogP contribution in [0.2, 0.25) is 5.02 Å². The van der Waals surface area contributed by atoms with Gasteiger partial charge in [0.2, 0.25) is 0 Å². The molecule has 2 saturated heterocycles. The lowest BCUT2D eigenvalue weighted by atomic mass is 9.84. The second-order valence-electron chi connectivity index (χ2n) is 14.2. The van der Waals surface area contributed by atoms with E-state index in [0.29, 0.717) is 42.0 Å². The Morgan fingerprint density at radius 2 is 1.32 bits per heavy atom. The number of carbonyl (C=O) groups is 2. The summed E-state index contributed by atoms with van der Waals surface area (Å²) >= 11 is 6.10. The van der Waals surface area contributed by atoms with Crippen molar-refractivity contribution < 1.29 is 29.3 Å². The molecule has 0 aliphatic carbocycles. The van der Waals surface area contributed by atoms with Crippen molar-refractivity contribution >= 4 is 23.4 Å². The number of aliphatic hydroxyl groups excluding tert-OH is 1. The summed E-state index contributed by atoms with van der Waals surface area (Å²) in [4.78, 5) is 29.9. The van der Waals surface area contributed by atoms with Crippen molar-refractivity contribution in [1.82, 2.24) is 9.80 Å². The van der Waals surface area contributed by atoms with Crippen LogP contribution in [0.1, 0.15) is 80.2 Å². The largest absolute Gasteiger partial charge is 0.392 e. The lowest BCUT2D eigenvalue weighted by molar-refractivity contribution is -0.253. The Bertz CT molecular complexity index is 2060. The zero-order chi connectivity index (χ0) is 36.5. The smallest absolute Gasteiger partial charge is 0.261 e. The van der Waals surface area contributed by atoms with Crippen LogP contribution in [0.25, 0.3) is 11.1 Å². The minimum absolute atomic E-state index is 0.0226. The number of halogens is 1. The molecule has 2 N–H and O–H groups in total. The van der Waals surface area contributed by atoms with E-state index in [9.17, 15) is 19.8 Å². The highest BCUT2D eigenvalue weighted by atomic mass is 35.5. The summed E-state index contributed by atoms with van der Waals surface area (Å²) in [6.45, 7) is 2.31. The van der Waals surface area contributed by atoms with Crippen molar-refractivity contribution in [2.75, 3.05) is 19.6 Å². The fourth-order valence-corrected chi connectivity index (χ4v) is 7.91. The summed E-state index contributed by atoms with van der Waals surface area (Å²) in [7, 11) is 0. The van der Waals surface area contributed by atoms with Gasteiger partial charge < -0.3 is 24.6 Å². The molecule has 0 unspecified atom stereocenters. The highest BCUT2D eigenvalue weighted by molar-refractivity contribution is 6.30. The van der Waals surface area contributed by atoms with Crippen molar-refractivity contribution in [3.8, 4) is 11.1 Å². The molecular weight excluding hydrogens is 688 g/mol. The van der Waals surface area contributed by atoms with Crippen LogP contribution in [0.3, 0.4) is 0 Å². The second kappa shape index (κ2) is 15.0. The number of likely N-dealkylation sites (tertiary alicyclic amines) is 1. The third kappa shape index (κ3) is 7.31. The van der Waals surface area contributed by atoms with Crippen molar-refractivity contribution in [2.45, 2.75) is 56.5 Å². The molecule has 9 heteroatoms. The lowest BCUT2D eigenvalue weighted by Crippen LogP contribution is -2.46. The Kier molecular flexibility index (Phi) is 10.0. The monoisotopic (exact) mass is 728 g/mol. The first-order chi connectivity index (χ1) is 25.8. The predicted molar refractivity (Wildman–Crippen MR) is 202 cm³/mol. The van der Waals surface area contributed by atoms with Gasteiger partial charge in [0.05, 0.1) is 42.1 Å². The van der Waals surface area contributed by atoms with E-state index in [1.165, 1.54) is 4.90 Å². The number of amides is 2. The Labute approximate surface area is 314 Å². The summed E-state index contributed by atoms with van der Waals surface area (Å²) in [5, 5.41) is 21.7. The number of rotatable bonds is 9. The van der Waals surface area contributed by atoms with E-state index in [1.807, 2.05) is 97.1 Å². The summed E-state index contributed by atoms with van der Waals surface area (Å²) in [5.41, 5.74) is 6.38. The molecule has 0 aromatic heterocycles. The first kappa shape index (κ1) is 35.4. The van der Waals surface area contributed by atoms with Gasteiger partial charge in [-0.2, -0.15) is 0 Å². The van der Waals surface area contributed by atoms with Gasteiger partial charge in [-0.25, -0.2) is 0 Å². The molecule has 8 rings (SSSR count). The number of hydrogen-bond acceptors (Lipinski definition) is 7. The minimum atomic E-state index is -0.887. The van der Waals surface area contributed by atoms with Gasteiger partial charge in [-0.3, -0.25) is 14.5 Å². The molecule has 5 aromatic rings. The van der Waals surface area contributed by atoms with Crippen molar-refractivity contribution in [3.63, 3.8) is 0 Å². The molecule has 0 saturated carbocycles. The Morgan fingerprint density at radius 3 is 1.96 bits per heavy atom. The van der Waals surface area contributed by atoms with Gasteiger partial charge in [0, 0.05) is 36.6 Å². The van der Waals surface area contributed by atoms with Gasteiger partial charge in [-0.05, 0) is 70.5 Å². The van der Waals surface area contributed by atoms with E-state index < -0.39 is 11.9 Å². The molecule has 270 valence electrons. The zero-order valence-electron chi connectivity index (χ0n) is 29.2. The number of aliphatic hydroxyl groups is 2. The maximum Gasteiger partial charge on any atom is 0.261 e. The van der Waals surface area contributed by atoms with Crippen LogP contribution in [0, 0.1) is 0 Å². The van der Waals surface area contributed by atoms with E-state index in [1.54, 1.807) is 24.3 Å². The second-order valence-corrected chi connectivity index (χ2v) is 14.6. The van der Waals surface area contributed by atoms with Crippen LogP contribution in [0.4, 0.5) is 0 Å². The van der Waals surface area contributed by atoms with E-state index >= 15 is 0 Å². The molecule has 3 aliphatic heterocycles. The third-order valence-corrected chi connectivity index (χ3v) is 11.1. The lowest BCUT2D eigenvalue weighted by Gasteiger charge is -2.42. The molecule has 2 amide bonds. The van der Waals surface area contributed by atoms with E-state index in [0.717, 1.165) is 52.0 Å². The Morgan fingerprint density at radius 1 is 0.717 bits per heavy atom. The van der Waals surface area contributed by atoms with E-state index in [-0.39, 0.29) is 37.2 Å². The summed E-state index contributed by atoms with van der Waals surface area (Å²) in [6.07, 6.45) is 0.929. The van der Waals surface area contributed by atoms with E-state index in [4.69, 9.17) is 21.1 Å². The van der Waals surface area contributed by atoms with Crippen LogP contribution in [-0.4, -0.2) is 57.6 Å². The van der Waals surface area contributed by atoms with Gasteiger partial charge in [0.1, 0.15) is 0 Å². The van der Waals surface area contributed by atoms with Gasteiger partial charge >= 0.3 is 0 Å². The quantitative estimate of drug-likeness (QED) is 0.149. The molecule has 53 heavy (non-hydrogen) atoms. The first-order valence-corrected chi connectivity index (χ1v) is 18.5. The average molecular weight is 729 g/mol. The standard InChI is InChI=1S/C44H41ClN2O6/c45-35-19-17-34(18-20-35)44(51)21-23-46(24-22-44)27-36-25-40(31-11-9-29(28-48)10-12-31)53-43(52-36)32-15-13-30(14-16-32)37-6-2-1-5-33(37)26-47-41(49)38-7-3-4-8-39(38)42(47)50/h1-20,36,40,43,48,51H,21-28H2/t36-,40+,43+/m1/s1. The van der Waals surface area contributed by atoms with Crippen LogP contribution in [0.5, 0.6) is 0 Å². The number of fused-ring (bicyclic) bond motifs is 1. The van der Waals surface area contributed by atoms with E-state index in [2.05, 4.69) is 4.90 Å². The number of nitrogens with zero attached hydrogens (tertiary/aromatic N) is 2. The Balaban J connectivity index is 0.994. The topological polar surface area (TPSA) is 99.5 Å². The molecule has 0 bridgehead atoms. The van der Waals surface area contributed by atoms with Gasteiger partial charge in [-0.1, -0.05) is 109 Å². The van der Waals surface area contributed by atoms with Gasteiger partial charge in [0.15, 0.2) is 6.29 Å². The number of benzene rings is 5. The molecule has 5 aromatic carbocycles. The Hall–Kier alpha value is -4.67. The minimum Gasteiger partial charge on any atom is -0.392 e.